The van der Waals surface area contributed by atoms with Gasteiger partial charge in [-0.05, 0) is 31.4 Å². The monoisotopic (exact) mass is 276 g/mol. The average molecular weight is 276 g/mol. The maximum absolute atomic E-state index is 11.9. The van der Waals surface area contributed by atoms with Crippen molar-refractivity contribution in [1.29, 1.82) is 0 Å². The van der Waals surface area contributed by atoms with Crippen molar-refractivity contribution in [3.05, 3.63) is 35.4 Å². The molecule has 0 spiro atoms. The molecule has 0 aliphatic rings. The van der Waals surface area contributed by atoms with Crippen LogP contribution in [0.1, 0.15) is 42.6 Å². The molecule has 0 aliphatic carbocycles. The molecule has 0 heterocycles. The third kappa shape index (κ3) is 3.91. The van der Waals surface area contributed by atoms with Gasteiger partial charge in [-0.1, -0.05) is 32.0 Å². The van der Waals surface area contributed by atoms with Gasteiger partial charge in [0.25, 0.3) is 5.91 Å². The number of hydrogen-bond donors (Lipinski definition) is 2. The lowest BCUT2D eigenvalue weighted by Crippen LogP contribution is -2.46. The number of hydrogen-bond acceptors (Lipinski definition) is 3. The van der Waals surface area contributed by atoms with Crippen LogP contribution in [0, 0.1) is 12.8 Å². The number of benzene rings is 1. The topological polar surface area (TPSA) is 75.3 Å². The highest BCUT2D eigenvalue weighted by Gasteiger charge is 2.22. The van der Waals surface area contributed by atoms with E-state index in [1.54, 1.807) is 25.1 Å². The summed E-state index contributed by atoms with van der Waals surface area (Å²) in [6, 6.07) is 7.01. The molecule has 2 N–H and O–H groups in total. The number of nitrogens with one attached hydrogen (secondary N) is 2. The summed E-state index contributed by atoms with van der Waals surface area (Å²) in [6.45, 7) is 5.50. The van der Waals surface area contributed by atoms with Crippen LogP contribution in [-0.4, -0.2) is 17.6 Å². The van der Waals surface area contributed by atoms with Crippen LogP contribution in [0.2, 0.25) is 0 Å². The molecule has 0 saturated carbocycles. The Labute approximate surface area is 118 Å². The Morgan fingerprint density at radius 1 is 1.05 bits per heavy atom. The van der Waals surface area contributed by atoms with Gasteiger partial charge in [0.15, 0.2) is 0 Å². The Morgan fingerprint density at radius 2 is 1.65 bits per heavy atom. The van der Waals surface area contributed by atoms with Crippen molar-refractivity contribution in [3.63, 3.8) is 0 Å². The van der Waals surface area contributed by atoms with Gasteiger partial charge in [0.05, 0.1) is 0 Å². The molecule has 108 valence electrons. The summed E-state index contributed by atoms with van der Waals surface area (Å²) in [4.78, 5) is 35.3. The molecule has 0 atom stereocenters. The minimum atomic E-state index is -0.777. The van der Waals surface area contributed by atoms with Gasteiger partial charge in [-0.2, -0.15) is 0 Å². The second-order valence-electron chi connectivity index (χ2n) is 4.60. The molecule has 1 aromatic rings. The molecular weight excluding hydrogens is 256 g/mol. The summed E-state index contributed by atoms with van der Waals surface area (Å²) in [5, 5.41) is 0. The predicted molar refractivity (Wildman–Crippen MR) is 75.9 cm³/mol. The number of amides is 2. The molecule has 5 nitrogen and oxygen atoms in total. The van der Waals surface area contributed by atoms with Crippen molar-refractivity contribution in [3.8, 4) is 0 Å². The van der Waals surface area contributed by atoms with Crippen LogP contribution in [0.15, 0.2) is 24.3 Å². The quantitative estimate of drug-likeness (QED) is 0.635. The van der Waals surface area contributed by atoms with Gasteiger partial charge in [-0.15, -0.1) is 0 Å². The fourth-order valence-electron chi connectivity index (χ4n) is 1.91. The maximum Gasteiger partial charge on any atom is 0.306 e. The van der Waals surface area contributed by atoms with Gasteiger partial charge < -0.3 is 0 Å². The first-order valence-electron chi connectivity index (χ1n) is 6.71. The molecule has 0 aromatic heterocycles. The van der Waals surface area contributed by atoms with E-state index in [0.29, 0.717) is 18.4 Å². The normalized spacial score (nSPS) is 10.2. The van der Waals surface area contributed by atoms with Gasteiger partial charge in [-0.25, -0.2) is 0 Å². The van der Waals surface area contributed by atoms with E-state index in [-0.39, 0.29) is 5.92 Å². The number of hydrazine groups is 1. The van der Waals surface area contributed by atoms with Crippen LogP contribution in [0.25, 0.3) is 0 Å². The number of carbonyl (C=O) groups excluding carboxylic acids is 3. The number of Topliss-reactive ketones (excluding diaryl/α,β-unsaturated/α-hetero) is 1. The average Bonchev–Trinajstić information content (AvgIpc) is 2.46. The van der Waals surface area contributed by atoms with E-state index in [1.165, 1.54) is 0 Å². The first-order valence-corrected chi connectivity index (χ1v) is 6.71. The highest BCUT2D eigenvalue weighted by molar-refractivity contribution is 6.37. The van der Waals surface area contributed by atoms with E-state index in [4.69, 9.17) is 0 Å². The molecule has 1 rings (SSSR count). The van der Waals surface area contributed by atoms with Crippen LogP contribution >= 0.6 is 0 Å². The van der Waals surface area contributed by atoms with Crippen molar-refractivity contribution in [1.82, 2.24) is 10.9 Å². The van der Waals surface area contributed by atoms with E-state index in [0.717, 1.165) is 5.56 Å². The van der Waals surface area contributed by atoms with E-state index >= 15 is 0 Å². The molecule has 0 fully saturated rings. The molecule has 0 aliphatic heterocycles. The first-order chi connectivity index (χ1) is 9.51. The molecule has 0 saturated heterocycles. The summed E-state index contributed by atoms with van der Waals surface area (Å²) in [5.74, 6) is -2.01. The van der Waals surface area contributed by atoms with Crippen LogP contribution < -0.4 is 10.9 Å². The summed E-state index contributed by atoms with van der Waals surface area (Å²) in [5.41, 5.74) is 5.69. The molecular formula is C15H20N2O3. The Balaban J connectivity index is 2.59. The number of aryl methyl sites for hydroxylation is 1. The fraction of sp³-hybridized carbons (Fsp3) is 0.400. The van der Waals surface area contributed by atoms with E-state index in [2.05, 4.69) is 10.9 Å². The zero-order valence-corrected chi connectivity index (χ0v) is 12.0. The summed E-state index contributed by atoms with van der Waals surface area (Å²) in [6.07, 6.45) is 1.21. The lowest BCUT2D eigenvalue weighted by Gasteiger charge is -2.12. The molecule has 0 radical (unpaired) electrons. The molecule has 20 heavy (non-hydrogen) atoms. The van der Waals surface area contributed by atoms with Gasteiger partial charge in [0.1, 0.15) is 0 Å². The highest BCUT2D eigenvalue weighted by atomic mass is 16.2. The van der Waals surface area contributed by atoms with Crippen molar-refractivity contribution < 1.29 is 14.4 Å². The minimum Gasteiger partial charge on any atom is -0.288 e. The number of ketones is 1. The largest absolute Gasteiger partial charge is 0.306 e. The Kier molecular flexibility index (Phi) is 5.90. The van der Waals surface area contributed by atoms with Crippen LogP contribution in [0.4, 0.5) is 0 Å². The zero-order chi connectivity index (χ0) is 15.1. The van der Waals surface area contributed by atoms with Crippen molar-refractivity contribution in [2.75, 3.05) is 0 Å². The molecule has 0 unspecified atom stereocenters. The van der Waals surface area contributed by atoms with Gasteiger partial charge in [0, 0.05) is 11.5 Å². The molecule has 2 amide bonds. The van der Waals surface area contributed by atoms with Crippen LogP contribution in [0.5, 0.6) is 0 Å². The Hall–Kier alpha value is -2.17. The molecule has 0 bridgehead atoms. The minimum absolute atomic E-state index is 0.301. The molecule has 5 heteroatoms. The number of rotatable bonds is 5. The molecule has 1 aromatic carbocycles. The summed E-state index contributed by atoms with van der Waals surface area (Å²) < 4.78 is 0. The standard InChI is InChI=1S/C15H20N2O3/c1-4-11(5-2)13(18)15(20)17-16-14(19)12-9-7-6-8-10(12)3/h6-9,11H,4-5H2,1-3H3,(H,16,19)(H,17,20). The summed E-state index contributed by atoms with van der Waals surface area (Å²) >= 11 is 0. The predicted octanol–water partition coefficient (Wildman–Crippen LogP) is 1.76. The van der Waals surface area contributed by atoms with Crippen molar-refractivity contribution in [2.24, 2.45) is 5.92 Å². The summed E-state index contributed by atoms with van der Waals surface area (Å²) in [7, 11) is 0. The van der Waals surface area contributed by atoms with Crippen molar-refractivity contribution in [2.45, 2.75) is 33.6 Å². The van der Waals surface area contributed by atoms with E-state index < -0.39 is 17.6 Å². The smallest absolute Gasteiger partial charge is 0.288 e. The third-order valence-electron chi connectivity index (χ3n) is 3.26. The second kappa shape index (κ2) is 7.43. The highest BCUT2D eigenvalue weighted by Crippen LogP contribution is 2.09. The number of carbonyl (C=O) groups is 3. The lowest BCUT2D eigenvalue weighted by atomic mass is 9.98. The van der Waals surface area contributed by atoms with Gasteiger partial charge in [0.2, 0.25) is 5.78 Å². The van der Waals surface area contributed by atoms with Gasteiger partial charge >= 0.3 is 5.91 Å². The van der Waals surface area contributed by atoms with E-state index in [9.17, 15) is 14.4 Å². The van der Waals surface area contributed by atoms with Gasteiger partial charge in [-0.3, -0.25) is 25.2 Å². The maximum atomic E-state index is 11.9. The van der Waals surface area contributed by atoms with Crippen molar-refractivity contribution >= 4 is 17.6 Å². The zero-order valence-electron chi connectivity index (χ0n) is 12.0. The Morgan fingerprint density at radius 3 is 2.20 bits per heavy atom. The first kappa shape index (κ1) is 15.9. The fourth-order valence-corrected chi connectivity index (χ4v) is 1.91. The van der Waals surface area contributed by atoms with Crippen LogP contribution in [0.3, 0.4) is 0 Å². The van der Waals surface area contributed by atoms with Crippen LogP contribution in [-0.2, 0) is 9.59 Å². The SMILES string of the molecule is CCC(CC)C(=O)C(=O)NNC(=O)c1ccccc1C. The Bertz CT molecular complexity index is 508. The van der Waals surface area contributed by atoms with E-state index in [1.807, 2.05) is 19.9 Å². The third-order valence-corrected chi connectivity index (χ3v) is 3.26. The second-order valence-corrected chi connectivity index (χ2v) is 4.60. The lowest BCUT2D eigenvalue weighted by molar-refractivity contribution is -0.140.